The Morgan fingerprint density at radius 2 is 2.15 bits per heavy atom. The molecule has 1 amide bonds. The lowest BCUT2D eigenvalue weighted by Crippen LogP contribution is -2.40. The van der Waals surface area contributed by atoms with Crippen molar-refractivity contribution in [1.82, 2.24) is 14.9 Å². The summed E-state index contributed by atoms with van der Waals surface area (Å²) >= 11 is 0. The Bertz CT molecular complexity index is 883. The predicted octanol–water partition coefficient (Wildman–Crippen LogP) is 4.42. The molecule has 1 N–H and O–H groups in total. The highest BCUT2D eigenvalue weighted by Crippen LogP contribution is 2.51. The number of nitrogens with one attached hydrogen (secondary N) is 1. The molecule has 0 bridgehead atoms. The summed E-state index contributed by atoms with van der Waals surface area (Å²) in [6, 6.07) is 6.56. The summed E-state index contributed by atoms with van der Waals surface area (Å²) in [5, 5.41) is 2.95. The summed E-state index contributed by atoms with van der Waals surface area (Å²) in [4.78, 5) is 15.8. The van der Waals surface area contributed by atoms with Gasteiger partial charge in [0.05, 0.1) is 17.7 Å². The van der Waals surface area contributed by atoms with Crippen molar-refractivity contribution in [3.8, 4) is 11.3 Å². The Labute approximate surface area is 159 Å². The number of benzene rings is 1. The second-order valence-electron chi connectivity index (χ2n) is 8.06. The van der Waals surface area contributed by atoms with Gasteiger partial charge in [0.1, 0.15) is 5.82 Å². The van der Waals surface area contributed by atoms with E-state index in [0.29, 0.717) is 5.92 Å². The number of carbonyl (C=O) groups is 1. The maximum Gasteiger partial charge on any atom is 0.216 e. The van der Waals surface area contributed by atoms with Gasteiger partial charge >= 0.3 is 0 Å². The molecule has 1 fully saturated rings. The smallest absolute Gasteiger partial charge is 0.216 e. The van der Waals surface area contributed by atoms with Gasteiger partial charge in [-0.2, -0.15) is 0 Å². The van der Waals surface area contributed by atoms with Crippen LogP contribution in [0.25, 0.3) is 17.3 Å². The average molecular weight is 367 g/mol. The van der Waals surface area contributed by atoms with E-state index >= 15 is 0 Å². The fourth-order valence-electron chi connectivity index (χ4n) is 4.78. The first-order valence-corrected chi connectivity index (χ1v) is 9.74. The number of amides is 1. The van der Waals surface area contributed by atoms with E-state index < -0.39 is 0 Å². The first-order chi connectivity index (χ1) is 13.0. The van der Waals surface area contributed by atoms with Crippen LogP contribution in [0.2, 0.25) is 0 Å². The summed E-state index contributed by atoms with van der Waals surface area (Å²) in [5.74, 6) is 0.359. The van der Waals surface area contributed by atoms with Gasteiger partial charge < -0.3 is 9.88 Å². The van der Waals surface area contributed by atoms with Gasteiger partial charge in [-0.05, 0) is 61.9 Å². The van der Waals surface area contributed by atoms with E-state index in [1.54, 1.807) is 19.1 Å². The highest BCUT2D eigenvalue weighted by atomic mass is 19.1. The van der Waals surface area contributed by atoms with Crippen LogP contribution in [0.5, 0.6) is 0 Å². The van der Waals surface area contributed by atoms with Gasteiger partial charge in [-0.3, -0.25) is 4.79 Å². The van der Waals surface area contributed by atoms with Crippen molar-refractivity contribution in [3.05, 3.63) is 47.7 Å². The van der Waals surface area contributed by atoms with E-state index in [1.165, 1.54) is 30.5 Å². The molecule has 0 spiro atoms. The van der Waals surface area contributed by atoms with Crippen LogP contribution < -0.4 is 5.32 Å². The van der Waals surface area contributed by atoms with E-state index in [0.717, 1.165) is 42.9 Å². The minimum atomic E-state index is -0.230. The van der Waals surface area contributed by atoms with E-state index in [1.807, 2.05) is 6.33 Å². The number of carbonyl (C=O) groups excluding carboxylic acids is 1. The van der Waals surface area contributed by atoms with Crippen LogP contribution in [0.4, 0.5) is 4.39 Å². The molecule has 2 heterocycles. The third-order valence-electron chi connectivity index (χ3n) is 6.31. The standard InChI is InChI=1S/C22H26FN3O/c1-15(27)24-11-10-17-4-3-5-18-12-20-21(16-6-8-19(23)9-7-16)25-14-26(20)13-22(17,18)2/h6-9,12,14,17H,3-5,10-11,13H2,1-2H3,(H,24,27)/t17-,22-/m1/s1. The molecule has 0 saturated heterocycles. The minimum Gasteiger partial charge on any atom is -0.356 e. The Morgan fingerprint density at radius 3 is 2.89 bits per heavy atom. The minimum absolute atomic E-state index is 0.0382. The molecule has 0 radical (unpaired) electrons. The van der Waals surface area contributed by atoms with E-state index in [2.05, 4.69) is 27.9 Å². The Balaban J connectivity index is 1.63. The normalized spacial score (nSPS) is 24.0. The average Bonchev–Trinajstić information content (AvgIpc) is 3.03. The lowest BCUT2D eigenvalue weighted by Gasteiger charge is -2.46. The molecule has 1 saturated carbocycles. The molecule has 2 aliphatic rings. The highest BCUT2D eigenvalue weighted by molar-refractivity contribution is 5.73. The highest BCUT2D eigenvalue weighted by Gasteiger charge is 2.42. The summed E-state index contributed by atoms with van der Waals surface area (Å²) in [6.07, 6.45) is 8.71. The summed E-state index contributed by atoms with van der Waals surface area (Å²) in [5.41, 5.74) is 4.58. The van der Waals surface area contributed by atoms with Crippen molar-refractivity contribution in [1.29, 1.82) is 0 Å². The van der Waals surface area contributed by atoms with Gasteiger partial charge in [-0.15, -0.1) is 0 Å². The fourth-order valence-corrected chi connectivity index (χ4v) is 4.78. The van der Waals surface area contributed by atoms with Crippen molar-refractivity contribution in [2.24, 2.45) is 11.3 Å². The summed E-state index contributed by atoms with van der Waals surface area (Å²) in [7, 11) is 0. The van der Waals surface area contributed by atoms with Crippen LogP contribution in [0, 0.1) is 17.2 Å². The van der Waals surface area contributed by atoms with Crippen LogP contribution in [0.3, 0.4) is 0 Å². The Morgan fingerprint density at radius 1 is 1.37 bits per heavy atom. The van der Waals surface area contributed by atoms with Crippen LogP contribution in [-0.2, 0) is 11.3 Å². The van der Waals surface area contributed by atoms with Gasteiger partial charge in [0.2, 0.25) is 5.91 Å². The van der Waals surface area contributed by atoms with Crippen molar-refractivity contribution < 1.29 is 9.18 Å². The van der Waals surface area contributed by atoms with Crippen molar-refractivity contribution in [2.75, 3.05) is 6.54 Å². The molecule has 4 nitrogen and oxygen atoms in total. The lowest BCUT2D eigenvalue weighted by atomic mass is 9.62. The number of fused-ring (bicyclic) bond motifs is 2. The first kappa shape index (κ1) is 18.0. The molecule has 1 aromatic heterocycles. The van der Waals surface area contributed by atoms with Crippen LogP contribution >= 0.6 is 0 Å². The fraction of sp³-hybridized carbons (Fsp3) is 0.455. The largest absolute Gasteiger partial charge is 0.356 e. The van der Waals surface area contributed by atoms with Crippen molar-refractivity contribution in [2.45, 2.75) is 46.1 Å². The van der Waals surface area contributed by atoms with Crippen LogP contribution in [0.15, 0.2) is 36.2 Å². The summed E-state index contributed by atoms with van der Waals surface area (Å²) in [6.45, 7) is 5.58. The van der Waals surface area contributed by atoms with E-state index in [-0.39, 0.29) is 17.1 Å². The molecule has 1 aromatic carbocycles. The van der Waals surface area contributed by atoms with Crippen molar-refractivity contribution >= 4 is 12.0 Å². The molecule has 0 unspecified atom stereocenters. The van der Waals surface area contributed by atoms with Crippen LogP contribution in [-0.4, -0.2) is 22.0 Å². The Hall–Kier alpha value is -2.43. The molecule has 1 aliphatic heterocycles. The van der Waals surface area contributed by atoms with Gasteiger partial charge in [-0.1, -0.05) is 12.5 Å². The zero-order valence-corrected chi connectivity index (χ0v) is 16.0. The topological polar surface area (TPSA) is 46.9 Å². The van der Waals surface area contributed by atoms with E-state index in [4.69, 9.17) is 0 Å². The lowest BCUT2D eigenvalue weighted by molar-refractivity contribution is -0.119. The number of rotatable bonds is 4. The molecular formula is C22H26FN3O. The third-order valence-corrected chi connectivity index (χ3v) is 6.31. The molecule has 2 aromatic rings. The second kappa shape index (κ2) is 6.95. The SMILES string of the molecule is CC(=O)NCC[C@H]1CCCC2=Cc3c(-c4ccc(F)cc4)ncn3C[C@@]21C. The van der Waals surface area contributed by atoms with Gasteiger partial charge in [0, 0.05) is 31.0 Å². The van der Waals surface area contributed by atoms with Gasteiger partial charge in [0.25, 0.3) is 0 Å². The van der Waals surface area contributed by atoms with Gasteiger partial charge in [0.15, 0.2) is 0 Å². The number of allylic oxidation sites excluding steroid dienone is 1. The van der Waals surface area contributed by atoms with Gasteiger partial charge in [-0.25, -0.2) is 9.37 Å². The number of nitrogens with zero attached hydrogens (tertiary/aromatic N) is 2. The molecule has 2 atom stereocenters. The predicted molar refractivity (Wildman–Crippen MR) is 104 cm³/mol. The Kier molecular flexibility index (Phi) is 4.62. The maximum absolute atomic E-state index is 13.3. The second-order valence-corrected chi connectivity index (χ2v) is 8.06. The molecule has 1 aliphatic carbocycles. The third kappa shape index (κ3) is 3.31. The number of halogens is 1. The monoisotopic (exact) mass is 367 g/mol. The zero-order valence-electron chi connectivity index (χ0n) is 16.0. The summed E-state index contributed by atoms with van der Waals surface area (Å²) < 4.78 is 15.5. The quantitative estimate of drug-likeness (QED) is 0.870. The van der Waals surface area contributed by atoms with E-state index in [9.17, 15) is 9.18 Å². The maximum atomic E-state index is 13.3. The van der Waals surface area contributed by atoms with Crippen molar-refractivity contribution in [3.63, 3.8) is 0 Å². The number of aromatic nitrogens is 2. The molecule has 4 rings (SSSR count). The number of hydrogen-bond acceptors (Lipinski definition) is 2. The van der Waals surface area contributed by atoms with Crippen LogP contribution in [0.1, 0.15) is 45.2 Å². The molecule has 142 valence electrons. The molecule has 27 heavy (non-hydrogen) atoms. The zero-order chi connectivity index (χ0) is 19.0. The number of hydrogen-bond donors (Lipinski definition) is 1. The number of imidazole rings is 1. The molecular weight excluding hydrogens is 341 g/mol. The molecule has 5 heteroatoms. The first-order valence-electron chi connectivity index (χ1n) is 9.74.